The summed E-state index contributed by atoms with van der Waals surface area (Å²) >= 11 is 0. The van der Waals surface area contributed by atoms with Crippen LogP contribution in [0.4, 0.5) is 5.69 Å². The summed E-state index contributed by atoms with van der Waals surface area (Å²) in [6, 6.07) is 6.19. The van der Waals surface area contributed by atoms with Gasteiger partial charge in [0.2, 0.25) is 0 Å². The van der Waals surface area contributed by atoms with Crippen LogP contribution in [0.15, 0.2) is 18.2 Å². The molecule has 5 heteroatoms. The molecule has 102 valence electrons. The van der Waals surface area contributed by atoms with Gasteiger partial charge in [-0.2, -0.15) is 0 Å². The fourth-order valence-electron chi connectivity index (χ4n) is 2.33. The molecule has 1 aromatic carbocycles. The number of nitrogens with two attached hydrogens (primary N) is 1. The average Bonchev–Trinajstić information content (AvgIpc) is 2.87. The largest absolute Gasteiger partial charge is 0.399 e. The smallest absolute Gasteiger partial charge is 0.182 e. The summed E-state index contributed by atoms with van der Waals surface area (Å²) in [6.07, 6.45) is 3.22. The highest BCUT2D eigenvalue weighted by molar-refractivity contribution is 5.65. The van der Waals surface area contributed by atoms with E-state index in [1.165, 1.54) is 0 Å². The lowest BCUT2D eigenvalue weighted by atomic mass is 10.1. The maximum Gasteiger partial charge on any atom is 0.182 e. The van der Waals surface area contributed by atoms with Gasteiger partial charge in [-0.15, -0.1) is 5.10 Å². The molecule has 1 unspecified atom stereocenters. The lowest BCUT2D eigenvalue weighted by Crippen LogP contribution is -2.12. The van der Waals surface area contributed by atoms with Crippen LogP contribution in [0.25, 0.3) is 11.4 Å². The topological polar surface area (TPSA) is 69.6 Å². The SMILES string of the molecule is CCCC(CC)n1nnnc1-c1cc(N)ccc1C. The molecular weight excluding hydrogens is 238 g/mol. The Morgan fingerprint density at radius 3 is 2.79 bits per heavy atom. The molecular formula is C14H21N5. The molecule has 2 aromatic rings. The van der Waals surface area contributed by atoms with Gasteiger partial charge in [-0.3, -0.25) is 0 Å². The third kappa shape index (κ3) is 2.75. The summed E-state index contributed by atoms with van der Waals surface area (Å²) in [6.45, 7) is 6.39. The van der Waals surface area contributed by atoms with Crippen molar-refractivity contribution in [2.45, 2.75) is 46.1 Å². The first-order chi connectivity index (χ1) is 9.17. The van der Waals surface area contributed by atoms with E-state index < -0.39 is 0 Å². The number of nitrogen functional groups attached to an aromatic ring is 1. The molecule has 0 radical (unpaired) electrons. The van der Waals surface area contributed by atoms with E-state index in [-0.39, 0.29) is 0 Å². The van der Waals surface area contributed by atoms with E-state index in [9.17, 15) is 0 Å². The number of tetrazole rings is 1. The first-order valence-electron chi connectivity index (χ1n) is 6.81. The second-order valence-electron chi connectivity index (χ2n) is 4.87. The Kier molecular flexibility index (Phi) is 4.14. The van der Waals surface area contributed by atoms with Crippen LogP contribution < -0.4 is 5.73 Å². The van der Waals surface area contributed by atoms with Gasteiger partial charge in [0.25, 0.3) is 0 Å². The van der Waals surface area contributed by atoms with Crippen LogP contribution in [0.1, 0.15) is 44.7 Å². The van der Waals surface area contributed by atoms with Crippen molar-refractivity contribution in [1.82, 2.24) is 20.2 Å². The predicted molar refractivity (Wildman–Crippen MR) is 76.6 cm³/mol. The zero-order chi connectivity index (χ0) is 13.8. The van der Waals surface area contributed by atoms with E-state index in [0.29, 0.717) is 6.04 Å². The molecule has 0 bridgehead atoms. The van der Waals surface area contributed by atoms with Gasteiger partial charge < -0.3 is 5.73 Å². The number of nitrogens with zero attached hydrogens (tertiary/aromatic N) is 4. The zero-order valence-corrected chi connectivity index (χ0v) is 11.8. The minimum atomic E-state index is 0.343. The summed E-state index contributed by atoms with van der Waals surface area (Å²) < 4.78 is 1.94. The maximum atomic E-state index is 5.87. The molecule has 1 atom stereocenters. The number of aryl methyl sites for hydroxylation is 1. The Hall–Kier alpha value is -1.91. The van der Waals surface area contributed by atoms with Crippen molar-refractivity contribution in [3.05, 3.63) is 23.8 Å². The standard InChI is InChI=1S/C14H21N5/c1-4-6-12(5-2)19-14(16-17-18-19)13-9-11(15)8-7-10(13)3/h7-9,12H,4-6,15H2,1-3H3. The summed E-state index contributed by atoms with van der Waals surface area (Å²) in [4.78, 5) is 0. The van der Waals surface area contributed by atoms with E-state index in [1.54, 1.807) is 0 Å². The van der Waals surface area contributed by atoms with Crippen LogP contribution in [0.5, 0.6) is 0 Å². The van der Waals surface area contributed by atoms with Crippen molar-refractivity contribution < 1.29 is 0 Å². The average molecular weight is 259 g/mol. The molecule has 0 aliphatic carbocycles. The Morgan fingerprint density at radius 1 is 1.32 bits per heavy atom. The van der Waals surface area contributed by atoms with Crippen LogP contribution in [0.2, 0.25) is 0 Å². The summed E-state index contributed by atoms with van der Waals surface area (Å²) in [7, 11) is 0. The number of aromatic nitrogens is 4. The lowest BCUT2D eigenvalue weighted by Gasteiger charge is -2.16. The van der Waals surface area contributed by atoms with Crippen molar-refractivity contribution in [2.24, 2.45) is 0 Å². The minimum absolute atomic E-state index is 0.343. The van der Waals surface area contributed by atoms with Crippen molar-refractivity contribution in [1.29, 1.82) is 0 Å². The maximum absolute atomic E-state index is 5.87. The number of rotatable bonds is 5. The molecule has 5 nitrogen and oxygen atoms in total. The monoisotopic (exact) mass is 259 g/mol. The third-order valence-corrected chi connectivity index (χ3v) is 3.43. The fraction of sp³-hybridized carbons (Fsp3) is 0.500. The van der Waals surface area contributed by atoms with Gasteiger partial charge in [-0.05, 0) is 47.9 Å². The van der Waals surface area contributed by atoms with Crippen molar-refractivity contribution in [3.8, 4) is 11.4 Å². The number of anilines is 1. The van der Waals surface area contributed by atoms with Crippen LogP contribution in [-0.4, -0.2) is 20.2 Å². The third-order valence-electron chi connectivity index (χ3n) is 3.43. The normalized spacial score (nSPS) is 12.6. The minimum Gasteiger partial charge on any atom is -0.399 e. The Morgan fingerprint density at radius 2 is 2.11 bits per heavy atom. The molecule has 19 heavy (non-hydrogen) atoms. The zero-order valence-electron chi connectivity index (χ0n) is 11.8. The Labute approximate surface area is 113 Å². The van der Waals surface area contributed by atoms with Crippen molar-refractivity contribution in [3.63, 3.8) is 0 Å². The molecule has 0 fully saturated rings. The highest BCUT2D eigenvalue weighted by Gasteiger charge is 2.17. The highest BCUT2D eigenvalue weighted by atomic mass is 15.5. The van der Waals surface area contributed by atoms with Crippen LogP contribution in [0.3, 0.4) is 0 Å². The molecule has 0 saturated carbocycles. The van der Waals surface area contributed by atoms with Gasteiger partial charge in [0, 0.05) is 11.3 Å². The summed E-state index contributed by atoms with van der Waals surface area (Å²) in [5.74, 6) is 0.810. The molecule has 2 rings (SSSR count). The van der Waals surface area contributed by atoms with Crippen LogP contribution in [-0.2, 0) is 0 Å². The van der Waals surface area contributed by atoms with Gasteiger partial charge in [-0.1, -0.05) is 26.3 Å². The second kappa shape index (κ2) is 5.82. The number of hydrogen-bond donors (Lipinski definition) is 1. The van der Waals surface area contributed by atoms with E-state index in [1.807, 2.05) is 22.9 Å². The summed E-state index contributed by atoms with van der Waals surface area (Å²) in [5.41, 5.74) is 8.76. The van der Waals surface area contributed by atoms with Crippen molar-refractivity contribution >= 4 is 5.69 Å². The Balaban J connectivity index is 2.46. The van der Waals surface area contributed by atoms with Gasteiger partial charge in [0.15, 0.2) is 5.82 Å². The quantitative estimate of drug-likeness (QED) is 0.838. The molecule has 0 amide bonds. The van der Waals surface area contributed by atoms with E-state index in [0.717, 1.165) is 41.9 Å². The fourth-order valence-corrected chi connectivity index (χ4v) is 2.33. The first kappa shape index (κ1) is 13.5. The van der Waals surface area contributed by atoms with Crippen LogP contribution in [0, 0.1) is 6.92 Å². The Bertz CT molecular complexity index is 547. The van der Waals surface area contributed by atoms with E-state index in [2.05, 4.69) is 36.3 Å². The first-order valence-corrected chi connectivity index (χ1v) is 6.81. The molecule has 2 N–H and O–H groups in total. The second-order valence-corrected chi connectivity index (χ2v) is 4.87. The van der Waals surface area contributed by atoms with Crippen molar-refractivity contribution in [2.75, 3.05) is 5.73 Å². The molecule has 0 saturated heterocycles. The van der Waals surface area contributed by atoms with Crippen LogP contribution >= 0.6 is 0 Å². The molecule has 0 aliphatic rings. The van der Waals surface area contributed by atoms with E-state index in [4.69, 9.17) is 5.73 Å². The molecule has 0 aliphatic heterocycles. The molecule has 1 heterocycles. The van der Waals surface area contributed by atoms with Gasteiger partial charge in [0.1, 0.15) is 0 Å². The van der Waals surface area contributed by atoms with Gasteiger partial charge >= 0.3 is 0 Å². The molecule has 0 spiro atoms. The summed E-state index contributed by atoms with van der Waals surface area (Å²) in [5, 5.41) is 12.2. The number of hydrogen-bond acceptors (Lipinski definition) is 4. The van der Waals surface area contributed by atoms with Gasteiger partial charge in [0.05, 0.1) is 6.04 Å². The predicted octanol–water partition coefficient (Wildman–Crippen LogP) is 2.98. The van der Waals surface area contributed by atoms with Gasteiger partial charge in [-0.25, -0.2) is 4.68 Å². The number of benzene rings is 1. The molecule has 1 aromatic heterocycles. The van der Waals surface area contributed by atoms with E-state index >= 15 is 0 Å². The highest BCUT2D eigenvalue weighted by Crippen LogP contribution is 2.27. The lowest BCUT2D eigenvalue weighted by molar-refractivity contribution is 0.403.